The van der Waals surface area contributed by atoms with E-state index in [0.717, 1.165) is 19.3 Å². The highest BCUT2D eigenvalue weighted by atomic mass is 16.3. The molecular formula is C10H24N4O. The van der Waals surface area contributed by atoms with E-state index in [1.165, 1.54) is 0 Å². The molecule has 0 spiro atoms. The summed E-state index contributed by atoms with van der Waals surface area (Å²) in [5.74, 6) is 0. The fraction of sp³-hybridized carbons (Fsp3) is 1.00. The third-order valence-electron chi connectivity index (χ3n) is 2.15. The maximum absolute atomic E-state index is 9.78. The van der Waals surface area contributed by atoms with Crippen LogP contribution in [0.4, 0.5) is 0 Å². The maximum atomic E-state index is 9.78. The molecule has 0 aliphatic carbocycles. The third-order valence-corrected chi connectivity index (χ3v) is 2.15. The van der Waals surface area contributed by atoms with Gasteiger partial charge in [-0.3, -0.25) is 0 Å². The van der Waals surface area contributed by atoms with Crippen molar-refractivity contribution in [3.8, 4) is 0 Å². The first-order valence-corrected chi connectivity index (χ1v) is 5.56. The van der Waals surface area contributed by atoms with Crippen LogP contribution in [0.3, 0.4) is 0 Å². The normalized spacial score (nSPS) is 17.9. The minimum atomic E-state index is -1.07. The molecule has 2 atom stereocenters. The summed E-state index contributed by atoms with van der Waals surface area (Å²) >= 11 is 0. The fourth-order valence-corrected chi connectivity index (χ4v) is 1.18. The third kappa shape index (κ3) is 8.47. The molecule has 90 valence electrons. The Balaban J connectivity index is 3.89. The van der Waals surface area contributed by atoms with Crippen LogP contribution in [0.2, 0.25) is 0 Å². The van der Waals surface area contributed by atoms with Crippen molar-refractivity contribution in [3.05, 3.63) is 0 Å². The van der Waals surface area contributed by atoms with Crippen LogP contribution in [0.1, 0.15) is 39.5 Å². The van der Waals surface area contributed by atoms with E-state index < -0.39 is 5.72 Å². The van der Waals surface area contributed by atoms with Gasteiger partial charge in [-0.25, -0.2) is 0 Å². The molecule has 5 N–H and O–H groups in total. The molecule has 0 bridgehead atoms. The number of rotatable bonds is 8. The van der Waals surface area contributed by atoms with E-state index in [1.807, 2.05) is 6.92 Å². The first kappa shape index (κ1) is 14.5. The molecule has 0 aliphatic rings. The van der Waals surface area contributed by atoms with Gasteiger partial charge >= 0.3 is 0 Å². The molecule has 0 aliphatic heterocycles. The van der Waals surface area contributed by atoms with E-state index >= 15 is 0 Å². The highest BCUT2D eigenvalue weighted by Crippen LogP contribution is 2.15. The molecule has 0 rings (SSSR count). The summed E-state index contributed by atoms with van der Waals surface area (Å²) in [5.41, 5.74) is 9.68. The molecule has 5 nitrogen and oxygen atoms in total. The molecule has 0 aromatic heterocycles. The number of azo groups is 1. The number of aliphatic hydroxyl groups is 1. The summed E-state index contributed by atoms with van der Waals surface area (Å²) < 4.78 is 0. The van der Waals surface area contributed by atoms with Gasteiger partial charge in [-0.05, 0) is 52.6 Å². The Labute approximate surface area is 91.9 Å². The van der Waals surface area contributed by atoms with E-state index in [4.69, 9.17) is 11.5 Å². The molecule has 0 aromatic rings. The van der Waals surface area contributed by atoms with Crippen LogP contribution in [-0.2, 0) is 0 Å². The number of nitrogens with two attached hydrogens (primary N) is 2. The Morgan fingerprint density at radius 2 is 1.87 bits per heavy atom. The maximum Gasteiger partial charge on any atom is 0.173 e. The lowest BCUT2D eigenvalue weighted by Gasteiger charge is -2.16. The molecule has 2 unspecified atom stereocenters. The zero-order chi connectivity index (χ0) is 11.7. The van der Waals surface area contributed by atoms with E-state index in [9.17, 15) is 5.11 Å². The molecule has 0 amide bonds. The van der Waals surface area contributed by atoms with Crippen molar-refractivity contribution in [2.45, 2.75) is 51.3 Å². The van der Waals surface area contributed by atoms with Crippen molar-refractivity contribution >= 4 is 0 Å². The van der Waals surface area contributed by atoms with Crippen molar-refractivity contribution in [1.29, 1.82) is 0 Å². The molecule has 5 heteroatoms. The number of hydrogen-bond donors (Lipinski definition) is 3. The van der Waals surface area contributed by atoms with E-state index in [-0.39, 0.29) is 6.04 Å². The smallest absolute Gasteiger partial charge is 0.173 e. The van der Waals surface area contributed by atoms with Gasteiger partial charge in [-0.15, -0.1) is 0 Å². The molecule has 0 saturated carbocycles. The predicted octanol–water partition coefficient (Wildman–Crippen LogP) is 1.01. The van der Waals surface area contributed by atoms with E-state index in [2.05, 4.69) is 10.2 Å². The Morgan fingerprint density at radius 3 is 2.40 bits per heavy atom. The topological polar surface area (TPSA) is 97.0 Å². The molecule has 0 fully saturated rings. The van der Waals surface area contributed by atoms with Gasteiger partial charge in [-0.1, -0.05) is 0 Å². The summed E-state index contributed by atoms with van der Waals surface area (Å²) in [6, 6.07) is 0.123. The number of hydrogen-bond acceptors (Lipinski definition) is 5. The second-order valence-electron chi connectivity index (χ2n) is 4.10. The van der Waals surface area contributed by atoms with Gasteiger partial charge in [0, 0.05) is 0 Å². The summed E-state index contributed by atoms with van der Waals surface area (Å²) in [5, 5.41) is 17.8. The Bertz CT molecular complexity index is 182. The SMILES string of the molecule is CC(CCCN)N=NC(C)(O)CCCN. The average molecular weight is 216 g/mol. The van der Waals surface area contributed by atoms with Gasteiger partial charge in [0.1, 0.15) is 0 Å². The quantitative estimate of drug-likeness (QED) is 0.528. The van der Waals surface area contributed by atoms with E-state index in [1.54, 1.807) is 6.92 Å². The lowest BCUT2D eigenvalue weighted by molar-refractivity contribution is 0.0494. The summed E-state index contributed by atoms with van der Waals surface area (Å²) in [6.45, 7) is 4.86. The van der Waals surface area contributed by atoms with Crippen LogP contribution < -0.4 is 11.5 Å². The molecule has 15 heavy (non-hydrogen) atoms. The van der Waals surface area contributed by atoms with Gasteiger partial charge < -0.3 is 16.6 Å². The summed E-state index contributed by atoms with van der Waals surface area (Å²) in [7, 11) is 0. The molecule has 0 radical (unpaired) electrons. The highest BCUT2D eigenvalue weighted by molar-refractivity contribution is 4.68. The minimum Gasteiger partial charge on any atom is -0.368 e. The van der Waals surface area contributed by atoms with Crippen LogP contribution >= 0.6 is 0 Å². The van der Waals surface area contributed by atoms with Crippen LogP contribution in [0.25, 0.3) is 0 Å². The van der Waals surface area contributed by atoms with Gasteiger partial charge in [0.25, 0.3) is 0 Å². The first-order valence-electron chi connectivity index (χ1n) is 5.56. The van der Waals surface area contributed by atoms with Gasteiger partial charge in [0.2, 0.25) is 0 Å². The number of nitrogens with zero attached hydrogens (tertiary/aromatic N) is 2. The van der Waals surface area contributed by atoms with Crippen molar-refractivity contribution in [2.75, 3.05) is 13.1 Å². The highest BCUT2D eigenvalue weighted by Gasteiger charge is 2.18. The second kappa shape index (κ2) is 7.73. The van der Waals surface area contributed by atoms with Crippen molar-refractivity contribution in [2.24, 2.45) is 21.7 Å². The summed E-state index contributed by atoms with van der Waals surface area (Å²) in [6.07, 6.45) is 3.15. The van der Waals surface area contributed by atoms with Crippen molar-refractivity contribution in [3.63, 3.8) is 0 Å². The van der Waals surface area contributed by atoms with Crippen LogP contribution in [0.5, 0.6) is 0 Å². The standard InChI is InChI=1S/C10H24N4O/c1-9(5-3-7-11)13-14-10(2,15)6-4-8-12/h9,15H,3-8,11-12H2,1-2H3. The molecule has 0 aromatic carbocycles. The van der Waals surface area contributed by atoms with Crippen LogP contribution in [-0.4, -0.2) is 30.0 Å². The Kier molecular flexibility index (Phi) is 7.46. The largest absolute Gasteiger partial charge is 0.368 e. The van der Waals surface area contributed by atoms with Gasteiger partial charge in [0.15, 0.2) is 5.72 Å². The minimum absolute atomic E-state index is 0.123. The second-order valence-corrected chi connectivity index (χ2v) is 4.10. The molecular weight excluding hydrogens is 192 g/mol. The van der Waals surface area contributed by atoms with Gasteiger partial charge in [-0.2, -0.15) is 10.2 Å². The van der Waals surface area contributed by atoms with Crippen molar-refractivity contribution < 1.29 is 5.11 Å². The zero-order valence-corrected chi connectivity index (χ0v) is 9.82. The summed E-state index contributed by atoms with van der Waals surface area (Å²) in [4.78, 5) is 0. The molecule has 0 heterocycles. The Hall–Kier alpha value is -0.520. The average Bonchev–Trinajstić information content (AvgIpc) is 2.21. The van der Waals surface area contributed by atoms with Gasteiger partial charge in [0.05, 0.1) is 6.04 Å². The van der Waals surface area contributed by atoms with Crippen LogP contribution in [0.15, 0.2) is 10.2 Å². The fourth-order valence-electron chi connectivity index (χ4n) is 1.18. The Morgan fingerprint density at radius 1 is 1.27 bits per heavy atom. The monoisotopic (exact) mass is 216 g/mol. The van der Waals surface area contributed by atoms with Crippen molar-refractivity contribution in [1.82, 2.24) is 0 Å². The predicted molar refractivity (Wildman–Crippen MR) is 61.5 cm³/mol. The lowest BCUT2D eigenvalue weighted by Crippen LogP contribution is -2.22. The van der Waals surface area contributed by atoms with Crippen LogP contribution in [0, 0.1) is 0 Å². The van der Waals surface area contributed by atoms with E-state index in [0.29, 0.717) is 19.5 Å². The molecule has 0 saturated heterocycles. The first-order chi connectivity index (χ1) is 7.02. The lowest BCUT2D eigenvalue weighted by atomic mass is 10.1. The zero-order valence-electron chi connectivity index (χ0n) is 9.82.